The van der Waals surface area contributed by atoms with E-state index in [-0.39, 0.29) is 18.4 Å². The quantitative estimate of drug-likeness (QED) is 0.484. The van der Waals surface area contributed by atoms with Crippen LogP contribution in [0.3, 0.4) is 0 Å². The van der Waals surface area contributed by atoms with Gasteiger partial charge in [0.1, 0.15) is 22.9 Å². The first-order chi connectivity index (χ1) is 16.6. The fourth-order valence-electron chi connectivity index (χ4n) is 4.32. The maximum atomic E-state index is 13.1. The summed E-state index contributed by atoms with van der Waals surface area (Å²) in [4.78, 5) is 24.9. The summed E-state index contributed by atoms with van der Waals surface area (Å²) < 4.78 is 45.3. The zero-order valence-electron chi connectivity index (χ0n) is 19.9. The largest absolute Gasteiger partial charge is 0.420 e. The van der Waals surface area contributed by atoms with E-state index in [0.29, 0.717) is 53.4 Å². The van der Waals surface area contributed by atoms with Gasteiger partial charge in [0.15, 0.2) is 5.65 Å². The van der Waals surface area contributed by atoms with Crippen molar-refractivity contribution in [3.8, 4) is 0 Å². The third-order valence-corrected chi connectivity index (χ3v) is 6.49. The monoisotopic (exact) mass is 482 g/mol. The summed E-state index contributed by atoms with van der Waals surface area (Å²) in [7, 11) is 3.86. The summed E-state index contributed by atoms with van der Waals surface area (Å²) in [6.45, 7) is 4.17. The van der Waals surface area contributed by atoms with Crippen molar-refractivity contribution in [1.82, 2.24) is 24.9 Å². The van der Waals surface area contributed by atoms with Gasteiger partial charge in [-0.05, 0) is 44.4 Å². The molecule has 0 unspecified atom stereocenters. The van der Waals surface area contributed by atoms with Crippen molar-refractivity contribution in [1.29, 1.82) is 0 Å². The number of ether oxygens (including phenoxy) is 1. The van der Waals surface area contributed by atoms with E-state index >= 15 is 0 Å². The number of anilines is 1. The van der Waals surface area contributed by atoms with Gasteiger partial charge in [0.2, 0.25) is 0 Å². The maximum Gasteiger partial charge on any atom is 0.420 e. The fourth-order valence-corrected chi connectivity index (χ4v) is 4.32. The fraction of sp³-hybridized carbons (Fsp3) is 0.440. The lowest BCUT2D eigenvalue weighted by molar-refractivity contribution is -0.0934. The number of pyridine rings is 1. The number of nitrogens with zero attached hydrogens (tertiary/aromatic N) is 6. The Morgan fingerprint density at radius 2 is 1.83 bits per heavy atom. The van der Waals surface area contributed by atoms with Crippen molar-refractivity contribution >= 4 is 22.6 Å². The maximum absolute atomic E-state index is 13.1. The van der Waals surface area contributed by atoms with Crippen LogP contribution < -0.4 is 4.90 Å². The van der Waals surface area contributed by atoms with Crippen LogP contribution in [0.5, 0.6) is 0 Å². The summed E-state index contributed by atoms with van der Waals surface area (Å²) in [5, 5.41) is 0. The van der Waals surface area contributed by atoms with Crippen LogP contribution in [0.4, 0.5) is 19.0 Å². The molecule has 10 heteroatoms. The molecular weight excluding hydrogens is 457 g/mol. The summed E-state index contributed by atoms with van der Waals surface area (Å²) in [5.74, 6) is 1.35. The Morgan fingerprint density at radius 1 is 1.09 bits per heavy atom. The molecular formula is C25H25F3N6O. The number of aryl methyl sites for hydroxylation is 2. The van der Waals surface area contributed by atoms with Gasteiger partial charge in [-0.2, -0.15) is 13.2 Å². The van der Waals surface area contributed by atoms with Crippen molar-refractivity contribution in [3.05, 3.63) is 58.1 Å². The zero-order chi connectivity index (χ0) is 24.9. The summed E-state index contributed by atoms with van der Waals surface area (Å²) in [6.07, 6.45) is -1.70. The first kappa shape index (κ1) is 23.4. The van der Waals surface area contributed by atoms with Crippen LogP contribution in [0.15, 0.2) is 29.6 Å². The van der Waals surface area contributed by atoms with Crippen LogP contribution in [-0.4, -0.2) is 51.8 Å². The van der Waals surface area contributed by atoms with Gasteiger partial charge >= 0.3 is 6.18 Å². The van der Waals surface area contributed by atoms with E-state index in [1.807, 2.05) is 45.0 Å². The number of hydrogen-bond acceptors (Lipinski definition) is 7. The van der Waals surface area contributed by atoms with Gasteiger partial charge in [-0.1, -0.05) is 0 Å². The van der Waals surface area contributed by atoms with E-state index in [0.717, 1.165) is 17.1 Å². The lowest BCUT2D eigenvalue weighted by Gasteiger charge is -2.30. The Balaban J connectivity index is 1.55. The van der Waals surface area contributed by atoms with Crippen LogP contribution >= 0.6 is 0 Å². The van der Waals surface area contributed by atoms with Gasteiger partial charge in [0.25, 0.3) is 0 Å². The molecule has 2 aliphatic rings. The number of allylic oxidation sites excluding steroid dienone is 1. The summed E-state index contributed by atoms with van der Waals surface area (Å²) in [5.41, 5.74) is 5.78. The highest BCUT2D eigenvalue weighted by Crippen LogP contribution is 2.41. The molecule has 0 N–H and O–H groups in total. The van der Waals surface area contributed by atoms with Crippen LogP contribution in [0, 0.1) is 13.8 Å². The van der Waals surface area contributed by atoms with Gasteiger partial charge in [-0.25, -0.2) is 24.9 Å². The van der Waals surface area contributed by atoms with Crippen molar-refractivity contribution in [2.75, 3.05) is 25.6 Å². The van der Waals surface area contributed by atoms with Crippen molar-refractivity contribution in [3.63, 3.8) is 0 Å². The second-order valence-electron chi connectivity index (χ2n) is 9.18. The minimum atomic E-state index is -4.39. The Hall–Kier alpha value is -3.36. The molecule has 1 aliphatic carbocycles. The van der Waals surface area contributed by atoms with Crippen LogP contribution in [0.2, 0.25) is 0 Å². The van der Waals surface area contributed by atoms with E-state index in [9.17, 15) is 13.2 Å². The molecule has 1 fully saturated rings. The van der Waals surface area contributed by atoms with Gasteiger partial charge in [0.05, 0.1) is 23.1 Å². The van der Waals surface area contributed by atoms with Gasteiger partial charge in [0, 0.05) is 44.8 Å². The number of aromatic nitrogens is 5. The molecule has 0 amide bonds. The predicted octanol–water partition coefficient (Wildman–Crippen LogP) is 5.01. The Kier molecular flexibility index (Phi) is 5.81. The van der Waals surface area contributed by atoms with Crippen LogP contribution in [0.1, 0.15) is 59.8 Å². The first-order valence-corrected chi connectivity index (χ1v) is 11.4. The van der Waals surface area contributed by atoms with E-state index in [4.69, 9.17) is 14.7 Å². The number of alkyl halides is 3. The van der Waals surface area contributed by atoms with Crippen molar-refractivity contribution in [2.24, 2.45) is 0 Å². The minimum Gasteiger partial charge on any atom is -0.373 e. The van der Waals surface area contributed by atoms with E-state index in [1.165, 1.54) is 0 Å². The highest BCUT2D eigenvalue weighted by atomic mass is 19.4. The average molecular weight is 483 g/mol. The molecule has 0 spiro atoms. The Morgan fingerprint density at radius 3 is 2.54 bits per heavy atom. The zero-order valence-corrected chi connectivity index (χ0v) is 19.9. The molecule has 182 valence electrons. The Bertz CT molecular complexity index is 1380. The topological polar surface area (TPSA) is 76.9 Å². The van der Waals surface area contributed by atoms with Crippen LogP contribution in [-0.2, 0) is 4.74 Å². The molecule has 3 aromatic rings. The molecule has 0 bridgehead atoms. The summed E-state index contributed by atoms with van der Waals surface area (Å²) >= 11 is 0. The average Bonchev–Trinajstić information content (AvgIpc) is 2.78. The van der Waals surface area contributed by atoms with Crippen molar-refractivity contribution < 1.29 is 17.9 Å². The normalized spacial score (nSPS) is 20.3. The van der Waals surface area contributed by atoms with Crippen LogP contribution in [0.25, 0.3) is 16.7 Å². The van der Waals surface area contributed by atoms with Crippen molar-refractivity contribution in [2.45, 2.75) is 51.3 Å². The molecule has 3 aromatic heterocycles. The van der Waals surface area contributed by atoms with Gasteiger partial charge < -0.3 is 9.64 Å². The third kappa shape index (κ3) is 4.51. The molecule has 5 rings (SSSR count). The van der Waals surface area contributed by atoms with E-state index in [1.54, 1.807) is 6.20 Å². The Labute approximate surface area is 200 Å². The van der Waals surface area contributed by atoms with Gasteiger partial charge in [-0.3, -0.25) is 0 Å². The number of halogens is 3. The minimum absolute atomic E-state index is 0.0389. The molecule has 0 radical (unpaired) electrons. The molecule has 1 saturated heterocycles. The smallest absolute Gasteiger partial charge is 0.373 e. The standard InChI is InChI=1S/C25H25F3N6O/c1-13-14(2)31-24-22(30-13)21(17-9-18(10-17)25(26,27)28)32-23(33-24)16-6-8-35-19(11-16)15-5-7-29-20(12-15)34(3)4/h5,7,12,16,19H,6,8-9,11H2,1-4H3/t16-,19+/m0/s1. The molecule has 4 heterocycles. The molecule has 0 saturated carbocycles. The van der Waals surface area contributed by atoms with E-state index in [2.05, 4.69) is 20.7 Å². The molecule has 7 nitrogen and oxygen atoms in total. The number of fused-ring (bicyclic) bond motifs is 1. The summed E-state index contributed by atoms with van der Waals surface area (Å²) in [6, 6.07) is 3.94. The second kappa shape index (κ2) is 8.70. The number of rotatable bonds is 4. The highest BCUT2D eigenvalue weighted by Gasteiger charge is 2.39. The lowest BCUT2D eigenvalue weighted by atomic mass is 9.90. The van der Waals surface area contributed by atoms with Gasteiger partial charge in [-0.15, -0.1) is 5.73 Å². The third-order valence-electron chi connectivity index (χ3n) is 6.49. The predicted molar refractivity (Wildman–Crippen MR) is 125 cm³/mol. The van der Waals surface area contributed by atoms with E-state index < -0.39 is 11.7 Å². The first-order valence-electron chi connectivity index (χ1n) is 11.4. The lowest BCUT2D eigenvalue weighted by Crippen LogP contribution is -2.22. The highest BCUT2D eigenvalue weighted by molar-refractivity contribution is 5.87. The second-order valence-corrected chi connectivity index (χ2v) is 9.18. The molecule has 2 atom stereocenters. The SMILES string of the molecule is Cc1nc2nc([C@H]3CCO[C@@H](c4ccnc(N(C)C)c4)C3)nc(C3=C=C(C(F)(F)F)C3)c2nc1C. The number of hydrogen-bond donors (Lipinski definition) is 0. The molecule has 1 aliphatic heterocycles. The molecule has 35 heavy (non-hydrogen) atoms. The molecule has 0 aromatic carbocycles.